The van der Waals surface area contributed by atoms with E-state index in [0.29, 0.717) is 16.3 Å². The fourth-order valence-electron chi connectivity index (χ4n) is 3.50. The summed E-state index contributed by atoms with van der Waals surface area (Å²) in [6, 6.07) is 0. The molecule has 1 aliphatic rings. The first-order valence-corrected chi connectivity index (χ1v) is 9.53. The van der Waals surface area contributed by atoms with Crippen molar-refractivity contribution < 1.29 is 14.5 Å². The molecule has 2 aromatic heterocycles. The van der Waals surface area contributed by atoms with Gasteiger partial charge in [-0.25, -0.2) is 0 Å². The second-order valence-corrected chi connectivity index (χ2v) is 7.72. The lowest BCUT2D eigenvalue weighted by Crippen LogP contribution is -2.22. The number of primary amides is 1. The summed E-state index contributed by atoms with van der Waals surface area (Å²) in [5.74, 6) is -0.958. The van der Waals surface area contributed by atoms with Crippen molar-refractivity contribution in [3.8, 4) is 0 Å². The van der Waals surface area contributed by atoms with Crippen LogP contribution in [0.25, 0.3) is 0 Å². The van der Waals surface area contributed by atoms with Crippen molar-refractivity contribution >= 4 is 33.8 Å². The zero-order valence-corrected chi connectivity index (χ0v) is 16.0. The molecular weight excluding hydrogens is 370 g/mol. The van der Waals surface area contributed by atoms with E-state index in [4.69, 9.17) is 5.73 Å². The molecule has 0 fully saturated rings. The molecular formula is C17H21N5O4S. The van der Waals surface area contributed by atoms with E-state index < -0.39 is 16.7 Å². The Labute approximate surface area is 159 Å². The highest BCUT2D eigenvalue weighted by Gasteiger charge is 2.26. The van der Waals surface area contributed by atoms with Crippen molar-refractivity contribution in [2.45, 2.75) is 52.5 Å². The fraction of sp³-hybridized carbons (Fsp3) is 0.471. The van der Waals surface area contributed by atoms with Gasteiger partial charge in [-0.1, -0.05) is 6.42 Å². The minimum atomic E-state index is -0.550. The van der Waals surface area contributed by atoms with Crippen LogP contribution < -0.4 is 11.1 Å². The number of carbonyl (C=O) groups excluding carboxylic acids is 2. The summed E-state index contributed by atoms with van der Waals surface area (Å²) in [5, 5.41) is 18.4. The molecule has 2 amide bonds. The monoisotopic (exact) mass is 391 g/mol. The highest BCUT2D eigenvalue weighted by molar-refractivity contribution is 7.17. The number of nitro groups is 1. The number of hydrogen-bond acceptors (Lipinski definition) is 6. The lowest BCUT2D eigenvalue weighted by molar-refractivity contribution is -0.386. The van der Waals surface area contributed by atoms with E-state index in [2.05, 4.69) is 10.4 Å². The third-order valence-electron chi connectivity index (χ3n) is 4.74. The molecule has 0 bridgehead atoms. The summed E-state index contributed by atoms with van der Waals surface area (Å²) >= 11 is 1.39. The number of fused-ring (bicyclic) bond motifs is 1. The van der Waals surface area contributed by atoms with E-state index in [1.54, 1.807) is 6.92 Å². The Kier molecular flexibility index (Phi) is 5.26. The molecule has 0 aromatic carbocycles. The van der Waals surface area contributed by atoms with E-state index in [9.17, 15) is 19.7 Å². The number of thiophene rings is 1. The summed E-state index contributed by atoms with van der Waals surface area (Å²) in [5.41, 5.74) is 7.38. The van der Waals surface area contributed by atoms with Gasteiger partial charge in [-0.05, 0) is 45.1 Å². The van der Waals surface area contributed by atoms with Crippen molar-refractivity contribution in [1.29, 1.82) is 0 Å². The molecule has 27 heavy (non-hydrogen) atoms. The van der Waals surface area contributed by atoms with Crippen LogP contribution in [0.4, 0.5) is 10.7 Å². The maximum atomic E-state index is 12.5. The smallest absolute Gasteiger partial charge is 0.312 e. The third-order valence-corrected chi connectivity index (χ3v) is 5.95. The van der Waals surface area contributed by atoms with Crippen LogP contribution >= 0.6 is 11.3 Å². The minimum Gasteiger partial charge on any atom is -0.365 e. The summed E-state index contributed by atoms with van der Waals surface area (Å²) in [4.78, 5) is 36.1. The molecule has 0 atom stereocenters. The lowest BCUT2D eigenvalue weighted by Gasteiger charge is -2.07. The maximum Gasteiger partial charge on any atom is 0.312 e. The van der Waals surface area contributed by atoms with Crippen molar-refractivity contribution in [1.82, 2.24) is 9.78 Å². The molecule has 10 heteroatoms. The zero-order chi connectivity index (χ0) is 19.7. The van der Waals surface area contributed by atoms with E-state index >= 15 is 0 Å². The maximum absolute atomic E-state index is 12.5. The molecule has 2 heterocycles. The Morgan fingerprint density at radius 2 is 2.00 bits per heavy atom. The zero-order valence-electron chi connectivity index (χ0n) is 15.2. The van der Waals surface area contributed by atoms with Gasteiger partial charge < -0.3 is 11.1 Å². The normalized spacial score (nSPS) is 13.7. The van der Waals surface area contributed by atoms with Crippen molar-refractivity contribution in [3.05, 3.63) is 37.5 Å². The lowest BCUT2D eigenvalue weighted by atomic mass is 10.1. The Balaban J connectivity index is 1.84. The standard InChI is InChI=1S/C17H21N5O4S/c1-9-15(22(25)26)10(2)21(20-9)8-13(23)19-17-14(16(18)24)11-6-4-3-5-7-12(11)27-17/h3-8H2,1-2H3,(H2,18,24)(H,19,23). The van der Waals surface area contributed by atoms with Gasteiger partial charge in [0, 0.05) is 4.88 Å². The average molecular weight is 391 g/mol. The number of nitrogens with one attached hydrogen (secondary N) is 1. The molecule has 9 nitrogen and oxygen atoms in total. The fourth-order valence-corrected chi connectivity index (χ4v) is 4.81. The highest BCUT2D eigenvalue weighted by Crippen LogP contribution is 2.37. The van der Waals surface area contributed by atoms with Gasteiger partial charge >= 0.3 is 5.69 Å². The molecule has 1 aliphatic carbocycles. The van der Waals surface area contributed by atoms with Gasteiger partial charge in [0.2, 0.25) is 5.91 Å². The topological polar surface area (TPSA) is 133 Å². The van der Waals surface area contributed by atoms with E-state index in [1.165, 1.54) is 22.9 Å². The van der Waals surface area contributed by atoms with Crippen LogP contribution in [0.5, 0.6) is 0 Å². The summed E-state index contributed by atoms with van der Waals surface area (Å²) in [6.45, 7) is 2.90. The van der Waals surface area contributed by atoms with Gasteiger partial charge in [0.1, 0.15) is 22.9 Å². The number of amides is 2. The van der Waals surface area contributed by atoms with Gasteiger partial charge in [-0.15, -0.1) is 11.3 Å². The number of carbonyl (C=O) groups is 2. The Morgan fingerprint density at radius 1 is 1.30 bits per heavy atom. The van der Waals surface area contributed by atoms with Crippen LogP contribution in [0.2, 0.25) is 0 Å². The van der Waals surface area contributed by atoms with Gasteiger partial charge in [0.05, 0.1) is 10.5 Å². The Bertz CT molecular complexity index is 930. The predicted octanol–water partition coefficient (Wildman–Crippen LogP) is 2.48. The van der Waals surface area contributed by atoms with Gasteiger partial charge in [0.15, 0.2) is 0 Å². The second kappa shape index (κ2) is 7.47. The van der Waals surface area contributed by atoms with Crippen LogP contribution in [0, 0.1) is 24.0 Å². The number of aryl methyl sites for hydroxylation is 2. The van der Waals surface area contributed by atoms with Crippen LogP contribution in [0.15, 0.2) is 0 Å². The number of hydrogen-bond donors (Lipinski definition) is 2. The van der Waals surface area contributed by atoms with E-state index in [1.807, 2.05) is 0 Å². The molecule has 0 saturated carbocycles. The van der Waals surface area contributed by atoms with E-state index in [0.717, 1.165) is 42.5 Å². The van der Waals surface area contributed by atoms with Gasteiger partial charge in [-0.3, -0.25) is 24.4 Å². The van der Waals surface area contributed by atoms with Crippen LogP contribution in [0.3, 0.4) is 0 Å². The quantitative estimate of drug-likeness (QED) is 0.459. The number of nitrogens with two attached hydrogens (primary N) is 1. The number of nitrogens with zero attached hydrogens (tertiary/aromatic N) is 3. The van der Waals surface area contributed by atoms with Crippen molar-refractivity contribution in [3.63, 3.8) is 0 Å². The summed E-state index contributed by atoms with van der Waals surface area (Å²) < 4.78 is 1.30. The molecule has 144 valence electrons. The van der Waals surface area contributed by atoms with Gasteiger partial charge in [-0.2, -0.15) is 5.10 Å². The molecule has 3 N–H and O–H groups in total. The van der Waals surface area contributed by atoms with Crippen LogP contribution in [-0.4, -0.2) is 26.5 Å². The van der Waals surface area contributed by atoms with Crippen LogP contribution in [0.1, 0.15) is 51.4 Å². The Hall–Kier alpha value is -2.75. The second-order valence-electron chi connectivity index (χ2n) is 6.62. The molecule has 0 radical (unpaired) electrons. The highest BCUT2D eigenvalue weighted by atomic mass is 32.1. The first kappa shape index (κ1) is 19.0. The number of aromatic nitrogens is 2. The Morgan fingerprint density at radius 3 is 2.63 bits per heavy atom. The van der Waals surface area contributed by atoms with Gasteiger partial charge in [0.25, 0.3) is 5.91 Å². The first-order valence-electron chi connectivity index (χ1n) is 8.72. The van der Waals surface area contributed by atoms with Crippen molar-refractivity contribution in [2.75, 3.05) is 5.32 Å². The summed E-state index contributed by atoms with van der Waals surface area (Å²) in [7, 11) is 0. The largest absolute Gasteiger partial charge is 0.365 e. The average Bonchev–Trinajstić information content (AvgIpc) is 2.93. The number of anilines is 1. The SMILES string of the molecule is Cc1nn(CC(=O)Nc2sc3c(c2C(N)=O)CCCCC3)c(C)c1[N+](=O)[O-]. The third kappa shape index (κ3) is 3.70. The molecule has 0 saturated heterocycles. The first-order chi connectivity index (χ1) is 12.8. The van der Waals surface area contributed by atoms with E-state index in [-0.39, 0.29) is 17.9 Å². The molecule has 0 unspecified atom stereocenters. The summed E-state index contributed by atoms with van der Waals surface area (Å²) in [6.07, 6.45) is 4.81. The predicted molar refractivity (Wildman–Crippen MR) is 101 cm³/mol. The number of rotatable bonds is 5. The van der Waals surface area contributed by atoms with Crippen molar-refractivity contribution in [2.24, 2.45) is 5.73 Å². The molecule has 0 aliphatic heterocycles. The van der Waals surface area contributed by atoms with Crippen LogP contribution in [-0.2, 0) is 24.2 Å². The molecule has 2 aromatic rings. The minimum absolute atomic E-state index is 0.0940. The molecule has 0 spiro atoms. The molecule has 3 rings (SSSR count).